The van der Waals surface area contributed by atoms with E-state index in [1.54, 1.807) is 0 Å². The minimum atomic E-state index is -8.69. The summed E-state index contributed by atoms with van der Waals surface area (Å²) in [6.45, 7) is 0. The van der Waals surface area contributed by atoms with E-state index in [1.165, 1.54) is 0 Å². The van der Waals surface area contributed by atoms with Gasteiger partial charge in [-0.05, 0) is 0 Å². The third-order valence-corrected chi connectivity index (χ3v) is 3.24. The molecular formula is C8F18S. The van der Waals surface area contributed by atoms with E-state index in [2.05, 4.69) is 0 Å². The van der Waals surface area contributed by atoms with Crippen LogP contribution in [0.2, 0.25) is 0 Å². The third kappa shape index (κ3) is 3.16. The molecule has 0 spiro atoms. The van der Waals surface area contributed by atoms with E-state index in [0.717, 1.165) is 0 Å². The zero-order valence-corrected chi connectivity index (χ0v) is 12.0. The van der Waals surface area contributed by atoms with Crippen LogP contribution in [0.1, 0.15) is 0 Å². The molecule has 0 heterocycles. The van der Waals surface area contributed by atoms with Gasteiger partial charge in [0.25, 0.3) is 0 Å². The molecule has 0 amide bonds. The fourth-order valence-electron chi connectivity index (χ4n) is 1.20. The molecule has 0 saturated heterocycles. The Bertz CT molecular complexity index is 542. The number of hydrogen-bond donors (Lipinski definition) is 0. The van der Waals surface area contributed by atoms with Crippen LogP contribution in [0.25, 0.3) is 0 Å². The smallest absolute Gasteiger partial charge is 0.192 e. The standard InChI is InChI=1S/C8F18S/c9-1(10,3(13,14)5(17,18)7(21,22)23)2(11,12)4(15,16)6(19,20)8(24,25)27-26. The second-order valence-corrected chi connectivity index (χ2v) is 5.21. The van der Waals surface area contributed by atoms with Gasteiger partial charge in [0.2, 0.25) is 0 Å². The Kier molecular flexibility index (Phi) is 6.08. The zero-order valence-electron chi connectivity index (χ0n) is 11.2. The van der Waals surface area contributed by atoms with Gasteiger partial charge in [-0.1, -0.05) is 0 Å². The van der Waals surface area contributed by atoms with Gasteiger partial charge in [-0.25, -0.2) is 0 Å². The van der Waals surface area contributed by atoms with E-state index in [0.29, 0.717) is 0 Å². The normalized spacial score (nSPS) is 16.7. The molecule has 0 aromatic rings. The topological polar surface area (TPSA) is 0 Å². The van der Waals surface area contributed by atoms with E-state index in [-0.39, 0.29) is 0 Å². The SMILES string of the molecule is FSC(F)(F)C(F)(F)C(F)(F)C(F)(F)C(F)(F)C(F)(F)C(F)(F)C(F)(F)F. The summed E-state index contributed by atoms with van der Waals surface area (Å²) in [6.07, 6.45) is -7.80. The molecule has 0 bridgehead atoms. The average Bonchev–Trinajstić information content (AvgIpc) is 2.44. The van der Waals surface area contributed by atoms with Crippen LogP contribution in [0.5, 0.6) is 0 Å². The molecule has 0 nitrogen and oxygen atoms in total. The largest absolute Gasteiger partial charge is 0.460 e. The van der Waals surface area contributed by atoms with Crippen LogP contribution in [-0.2, 0) is 0 Å². The van der Waals surface area contributed by atoms with Crippen molar-refractivity contribution in [2.24, 2.45) is 0 Å². The molecule has 0 saturated carbocycles. The molecule has 0 aromatic heterocycles. The average molecular weight is 470 g/mol. The van der Waals surface area contributed by atoms with Gasteiger partial charge >= 0.3 is 47.0 Å². The highest BCUT2D eigenvalue weighted by atomic mass is 32.2. The number of hydrogen-bond acceptors (Lipinski definition) is 1. The first-order valence-corrected chi connectivity index (χ1v) is 6.04. The van der Waals surface area contributed by atoms with Gasteiger partial charge in [-0.2, -0.15) is 78.5 Å². The second-order valence-electron chi connectivity index (χ2n) is 4.54. The van der Waals surface area contributed by atoms with Gasteiger partial charge in [0.1, 0.15) is 12.1 Å². The van der Waals surface area contributed by atoms with Crippen LogP contribution >= 0.6 is 12.1 Å². The first-order chi connectivity index (χ1) is 11.3. The van der Waals surface area contributed by atoms with Crippen molar-refractivity contribution in [2.45, 2.75) is 47.0 Å². The van der Waals surface area contributed by atoms with Crippen LogP contribution in [0.3, 0.4) is 0 Å². The van der Waals surface area contributed by atoms with Gasteiger partial charge in [-0.15, -0.1) is 0 Å². The van der Waals surface area contributed by atoms with Crippen LogP contribution in [0, 0.1) is 0 Å². The lowest BCUT2D eigenvalue weighted by Crippen LogP contribution is -2.74. The third-order valence-electron chi connectivity index (χ3n) is 2.79. The summed E-state index contributed by atoms with van der Waals surface area (Å²) in [5, 5.41) is -7.02. The predicted molar refractivity (Wildman–Crippen MR) is 49.4 cm³/mol. The Morgan fingerprint density at radius 1 is 0.333 bits per heavy atom. The Labute approximate surface area is 139 Å². The van der Waals surface area contributed by atoms with Gasteiger partial charge in [0, 0.05) is 0 Å². The fourth-order valence-corrected chi connectivity index (χ4v) is 1.42. The summed E-state index contributed by atoms with van der Waals surface area (Å²) in [5.41, 5.74) is 0. The number of alkyl halides is 17. The monoisotopic (exact) mass is 470 g/mol. The molecule has 19 heteroatoms. The number of rotatable bonds is 7. The van der Waals surface area contributed by atoms with Crippen molar-refractivity contribution in [3.63, 3.8) is 0 Å². The zero-order chi connectivity index (χ0) is 22.7. The van der Waals surface area contributed by atoms with Crippen molar-refractivity contribution in [1.29, 1.82) is 0 Å². The lowest BCUT2D eigenvalue weighted by atomic mass is 9.91. The molecule has 0 fully saturated rings. The molecule has 0 aliphatic carbocycles. The van der Waals surface area contributed by atoms with E-state index in [9.17, 15) is 78.5 Å². The fraction of sp³-hybridized carbons (Fsp3) is 1.00. The van der Waals surface area contributed by atoms with Gasteiger partial charge in [-0.3, -0.25) is 0 Å². The maximum Gasteiger partial charge on any atom is 0.460 e. The van der Waals surface area contributed by atoms with Gasteiger partial charge < -0.3 is 0 Å². The highest BCUT2D eigenvalue weighted by Crippen LogP contribution is 2.64. The molecule has 0 unspecified atom stereocenters. The Morgan fingerprint density at radius 2 is 0.556 bits per heavy atom. The molecule has 0 N–H and O–H groups in total. The summed E-state index contributed by atoms with van der Waals surface area (Å²) in [4.78, 5) is 0. The Balaban J connectivity index is 6.65. The van der Waals surface area contributed by atoms with Crippen molar-refractivity contribution < 1.29 is 78.5 Å². The highest BCUT2D eigenvalue weighted by Gasteiger charge is 2.95. The summed E-state index contributed by atoms with van der Waals surface area (Å²) in [7, 11) is 0. The minimum absolute atomic E-state index is 3.15. The highest BCUT2D eigenvalue weighted by molar-refractivity contribution is 7.95. The maximum absolute atomic E-state index is 12.9. The molecule has 164 valence electrons. The van der Waals surface area contributed by atoms with Crippen molar-refractivity contribution in [3.05, 3.63) is 0 Å². The van der Waals surface area contributed by atoms with Crippen molar-refractivity contribution in [2.75, 3.05) is 0 Å². The Morgan fingerprint density at radius 3 is 0.778 bits per heavy atom. The first kappa shape index (κ1) is 26.1. The maximum atomic E-state index is 12.9. The summed E-state index contributed by atoms with van der Waals surface area (Å²) in [6, 6.07) is 0. The van der Waals surface area contributed by atoms with Gasteiger partial charge in [0.05, 0.1) is 0 Å². The van der Waals surface area contributed by atoms with Gasteiger partial charge in [0.15, 0.2) is 0 Å². The molecule has 0 radical (unpaired) electrons. The molecule has 0 aliphatic heterocycles. The van der Waals surface area contributed by atoms with Crippen molar-refractivity contribution >= 4 is 12.1 Å². The summed E-state index contributed by atoms with van der Waals surface area (Å²) < 4.78 is 224. The second kappa shape index (κ2) is 6.30. The van der Waals surface area contributed by atoms with Crippen LogP contribution < -0.4 is 0 Å². The molecule has 0 rings (SSSR count). The van der Waals surface area contributed by atoms with E-state index < -0.39 is 59.1 Å². The van der Waals surface area contributed by atoms with Crippen LogP contribution in [-0.4, -0.2) is 47.0 Å². The minimum Gasteiger partial charge on any atom is -0.192 e. The first-order valence-electron chi connectivity index (χ1n) is 5.32. The molecule has 27 heavy (non-hydrogen) atoms. The molecule has 0 aliphatic rings. The molecule has 0 aromatic carbocycles. The summed E-state index contributed by atoms with van der Waals surface area (Å²) >= 11 is -3.15. The van der Waals surface area contributed by atoms with Crippen molar-refractivity contribution in [1.82, 2.24) is 0 Å². The lowest BCUT2D eigenvalue weighted by Gasteiger charge is -2.42. The van der Waals surface area contributed by atoms with E-state index in [4.69, 9.17) is 0 Å². The Hall–Kier alpha value is -0.910. The number of halogens is 18. The summed E-state index contributed by atoms with van der Waals surface area (Å²) in [5.74, 6) is -50.5. The van der Waals surface area contributed by atoms with Crippen LogP contribution in [0.4, 0.5) is 78.5 Å². The predicted octanol–water partition coefficient (Wildman–Crippen LogP) is 6.57. The molecule has 0 atom stereocenters. The van der Waals surface area contributed by atoms with Crippen LogP contribution in [0.15, 0.2) is 0 Å². The molecular weight excluding hydrogens is 470 g/mol. The van der Waals surface area contributed by atoms with E-state index >= 15 is 0 Å². The van der Waals surface area contributed by atoms with E-state index in [1.807, 2.05) is 0 Å². The van der Waals surface area contributed by atoms with Crippen molar-refractivity contribution in [3.8, 4) is 0 Å². The quantitative estimate of drug-likeness (QED) is 0.380. The lowest BCUT2D eigenvalue weighted by molar-refractivity contribution is -0.458.